The molecule has 0 spiro atoms. The van der Waals surface area contributed by atoms with Crippen LogP contribution in [0.5, 0.6) is 0 Å². The van der Waals surface area contributed by atoms with Crippen molar-refractivity contribution in [1.29, 1.82) is 0 Å². The maximum absolute atomic E-state index is 11.8. The normalized spacial score (nSPS) is 16.7. The van der Waals surface area contributed by atoms with Crippen molar-refractivity contribution in [3.05, 3.63) is 0 Å². The SMILES string of the molecule is CCCS(=O)(=O)C(C)OC(C)CC(CC)OC(C)=O. The molecule has 3 atom stereocenters. The summed E-state index contributed by atoms with van der Waals surface area (Å²) in [6, 6.07) is 0. The van der Waals surface area contributed by atoms with Crippen LogP contribution in [0.15, 0.2) is 0 Å². The molecule has 0 heterocycles. The Bertz CT molecular complexity index is 363. The Hall–Kier alpha value is -0.620. The standard InChI is InChI=1S/C13H26O5S/c1-6-8-19(15,16)12(5)17-10(3)9-13(7-2)18-11(4)14/h10,12-13H,6-9H2,1-5H3. The molecule has 0 N–H and O–H groups in total. The van der Waals surface area contributed by atoms with Gasteiger partial charge in [-0.15, -0.1) is 0 Å². The fourth-order valence-corrected chi connectivity index (χ4v) is 3.08. The summed E-state index contributed by atoms with van der Waals surface area (Å²) < 4.78 is 34.2. The second kappa shape index (κ2) is 8.53. The van der Waals surface area contributed by atoms with Gasteiger partial charge in [-0.25, -0.2) is 8.42 Å². The van der Waals surface area contributed by atoms with Gasteiger partial charge in [-0.05, 0) is 26.7 Å². The van der Waals surface area contributed by atoms with Crippen molar-refractivity contribution in [2.45, 2.75) is 71.5 Å². The highest BCUT2D eigenvalue weighted by molar-refractivity contribution is 7.91. The molecule has 0 aromatic rings. The third kappa shape index (κ3) is 7.52. The number of sulfone groups is 1. The Labute approximate surface area is 116 Å². The molecule has 19 heavy (non-hydrogen) atoms. The molecule has 0 saturated carbocycles. The molecule has 0 aromatic carbocycles. The smallest absolute Gasteiger partial charge is 0.302 e. The summed E-state index contributed by atoms with van der Waals surface area (Å²) in [5.74, 6) is -0.201. The summed E-state index contributed by atoms with van der Waals surface area (Å²) in [5, 5.41) is 0. The molecule has 6 heteroatoms. The van der Waals surface area contributed by atoms with Crippen molar-refractivity contribution in [2.75, 3.05) is 5.75 Å². The van der Waals surface area contributed by atoms with Crippen molar-refractivity contribution >= 4 is 15.8 Å². The number of rotatable bonds is 9. The van der Waals surface area contributed by atoms with Crippen molar-refractivity contribution < 1.29 is 22.7 Å². The number of carbonyl (C=O) groups excluding carboxylic acids is 1. The van der Waals surface area contributed by atoms with Gasteiger partial charge < -0.3 is 9.47 Å². The van der Waals surface area contributed by atoms with Crippen LogP contribution in [0.4, 0.5) is 0 Å². The summed E-state index contributed by atoms with van der Waals surface area (Å²) in [4.78, 5) is 10.9. The van der Waals surface area contributed by atoms with Crippen molar-refractivity contribution in [1.82, 2.24) is 0 Å². The number of carbonyl (C=O) groups is 1. The molecular weight excluding hydrogens is 268 g/mol. The molecule has 0 rings (SSSR count). The summed E-state index contributed by atoms with van der Waals surface area (Å²) in [6.07, 6.45) is 1.26. The molecule has 0 amide bonds. The minimum atomic E-state index is -3.20. The van der Waals surface area contributed by atoms with Crippen LogP contribution in [-0.4, -0.2) is 37.8 Å². The van der Waals surface area contributed by atoms with Crippen LogP contribution >= 0.6 is 0 Å². The highest BCUT2D eigenvalue weighted by Gasteiger charge is 2.24. The molecular formula is C13H26O5S. The fraction of sp³-hybridized carbons (Fsp3) is 0.923. The molecule has 3 unspecified atom stereocenters. The Morgan fingerprint density at radius 3 is 2.21 bits per heavy atom. The first-order chi connectivity index (χ1) is 8.72. The van der Waals surface area contributed by atoms with Crippen molar-refractivity contribution in [2.24, 2.45) is 0 Å². The second-order valence-corrected chi connectivity index (χ2v) is 7.15. The summed E-state index contributed by atoms with van der Waals surface area (Å²) >= 11 is 0. The Morgan fingerprint density at radius 2 is 1.79 bits per heavy atom. The predicted molar refractivity (Wildman–Crippen MR) is 74.5 cm³/mol. The van der Waals surface area contributed by atoms with E-state index in [0.29, 0.717) is 19.3 Å². The van der Waals surface area contributed by atoms with E-state index in [2.05, 4.69) is 0 Å². The zero-order valence-electron chi connectivity index (χ0n) is 12.5. The van der Waals surface area contributed by atoms with Gasteiger partial charge in [0.2, 0.25) is 0 Å². The Morgan fingerprint density at radius 1 is 1.21 bits per heavy atom. The van der Waals surface area contributed by atoms with Crippen LogP contribution in [0.25, 0.3) is 0 Å². The maximum atomic E-state index is 11.8. The largest absolute Gasteiger partial charge is 0.462 e. The Balaban J connectivity index is 4.36. The quantitative estimate of drug-likeness (QED) is 0.610. The van der Waals surface area contributed by atoms with E-state index in [4.69, 9.17) is 9.47 Å². The third-order valence-electron chi connectivity index (χ3n) is 2.80. The van der Waals surface area contributed by atoms with Gasteiger partial charge in [0.25, 0.3) is 0 Å². The van der Waals surface area contributed by atoms with Gasteiger partial charge >= 0.3 is 5.97 Å². The van der Waals surface area contributed by atoms with E-state index < -0.39 is 15.3 Å². The summed E-state index contributed by atoms with van der Waals surface area (Å²) in [6.45, 7) is 8.44. The maximum Gasteiger partial charge on any atom is 0.302 e. The molecule has 0 radical (unpaired) electrons. The van der Waals surface area contributed by atoms with E-state index in [0.717, 1.165) is 0 Å². The lowest BCUT2D eigenvalue weighted by Crippen LogP contribution is -2.30. The zero-order valence-corrected chi connectivity index (χ0v) is 13.3. The highest BCUT2D eigenvalue weighted by atomic mass is 32.2. The molecule has 5 nitrogen and oxygen atoms in total. The van der Waals surface area contributed by atoms with Crippen LogP contribution in [0.2, 0.25) is 0 Å². The summed E-state index contributed by atoms with van der Waals surface area (Å²) in [7, 11) is -3.20. The molecule has 0 aliphatic carbocycles. The predicted octanol–water partition coefficient (Wildman–Crippen LogP) is 2.29. The van der Waals surface area contributed by atoms with Gasteiger partial charge in [0, 0.05) is 13.3 Å². The first-order valence-electron chi connectivity index (χ1n) is 6.77. The monoisotopic (exact) mass is 294 g/mol. The number of ether oxygens (including phenoxy) is 2. The molecule has 0 aromatic heterocycles. The topological polar surface area (TPSA) is 69.7 Å². The lowest BCUT2D eigenvalue weighted by atomic mass is 10.1. The van der Waals surface area contributed by atoms with Crippen LogP contribution in [-0.2, 0) is 24.1 Å². The minimum absolute atomic E-state index is 0.127. The average Bonchev–Trinajstić information content (AvgIpc) is 2.27. The van der Waals surface area contributed by atoms with Gasteiger partial charge in [0.15, 0.2) is 15.3 Å². The second-order valence-electron chi connectivity index (χ2n) is 4.76. The van der Waals surface area contributed by atoms with E-state index in [1.807, 2.05) is 13.8 Å². The molecule has 0 aliphatic heterocycles. The first-order valence-corrected chi connectivity index (χ1v) is 8.48. The van der Waals surface area contributed by atoms with E-state index >= 15 is 0 Å². The fourth-order valence-electron chi connectivity index (χ4n) is 1.82. The molecule has 0 aliphatic rings. The van der Waals surface area contributed by atoms with Crippen LogP contribution in [0.1, 0.15) is 53.9 Å². The third-order valence-corrected chi connectivity index (χ3v) is 4.90. The van der Waals surface area contributed by atoms with E-state index in [1.165, 1.54) is 6.92 Å². The lowest BCUT2D eigenvalue weighted by Gasteiger charge is -2.23. The van der Waals surface area contributed by atoms with Gasteiger partial charge in [0.1, 0.15) is 6.10 Å². The van der Waals surface area contributed by atoms with E-state index in [9.17, 15) is 13.2 Å². The molecule has 114 valence electrons. The average molecular weight is 294 g/mol. The zero-order chi connectivity index (χ0) is 15.1. The van der Waals surface area contributed by atoms with Gasteiger partial charge in [-0.1, -0.05) is 13.8 Å². The highest BCUT2D eigenvalue weighted by Crippen LogP contribution is 2.15. The van der Waals surface area contributed by atoms with Crippen LogP contribution in [0.3, 0.4) is 0 Å². The lowest BCUT2D eigenvalue weighted by molar-refractivity contribution is -0.148. The molecule has 0 fully saturated rings. The van der Waals surface area contributed by atoms with E-state index in [1.54, 1.807) is 13.8 Å². The minimum Gasteiger partial charge on any atom is -0.462 e. The first kappa shape index (κ1) is 18.4. The van der Waals surface area contributed by atoms with Gasteiger partial charge in [-0.3, -0.25) is 4.79 Å². The van der Waals surface area contributed by atoms with Gasteiger partial charge in [0.05, 0.1) is 11.9 Å². The van der Waals surface area contributed by atoms with Crippen molar-refractivity contribution in [3.8, 4) is 0 Å². The number of hydrogen-bond acceptors (Lipinski definition) is 5. The number of esters is 1. The molecule has 0 saturated heterocycles. The van der Waals surface area contributed by atoms with Crippen LogP contribution in [0, 0.1) is 0 Å². The summed E-state index contributed by atoms with van der Waals surface area (Å²) in [5.41, 5.74) is -0.822. The van der Waals surface area contributed by atoms with Gasteiger partial charge in [-0.2, -0.15) is 0 Å². The van der Waals surface area contributed by atoms with Crippen molar-refractivity contribution in [3.63, 3.8) is 0 Å². The Kier molecular flexibility index (Phi) is 8.25. The number of hydrogen-bond donors (Lipinski definition) is 0. The van der Waals surface area contributed by atoms with E-state index in [-0.39, 0.29) is 23.9 Å². The van der Waals surface area contributed by atoms with Crippen LogP contribution < -0.4 is 0 Å². The molecule has 0 bridgehead atoms.